The summed E-state index contributed by atoms with van der Waals surface area (Å²) in [6, 6.07) is 12.5. The number of hydrogen-bond donors (Lipinski definition) is 1. The summed E-state index contributed by atoms with van der Waals surface area (Å²) in [5, 5.41) is 3.48. The average molecular weight is 335 g/mol. The number of hydrogen-bond acceptors (Lipinski definition) is 4. The molecule has 0 aromatic heterocycles. The molecule has 0 radical (unpaired) electrons. The van der Waals surface area contributed by atoms with Crippen LogP contribution in [0.5, 0.6) is 11.5 Å². The van der Waals surface area contributed by atoms with Gasteiger partial charge in [0.25, 0.3) is 0 Å². The van der Waals surface area contributed by atoms with Crippen LogP contribution in [0.15, 0.2) is 47.4 Å². The summed E-state index contributed by atoms with van der Waals surface area (Å²) in [6.07, 6.45) is 0. The minimum absolute atomic E-state index is 0.147. The van der Waals surface area contributed by atoms with Crippen molar-refractivity contribution in [2.24, 2.45) is 0 Å². The topological polar surface area (TPSA) is 30.5 Å². The van der Waals surface area contributed by atoms with E-state index in [2.05, 4.69) is 12.2 Å². The van der Waals surface area contributed by atoms with E-state index in [1.807, 2.05) is 18.2 Å². The average Bonchev–Trinajstić information content (AvgIpc) is 2.59. The molecule has 2 aromatic carbocycles. The van der Waals surface area contributed by atoms with Crippen molar-refractivity contribution in [3.63, 3.8) is 0 Å². The van der Waals surface area contributed by atoms with Crippen molar-refractivity contribution < 1.29 is 13.9 Å². The van der Waals surface area contributed by atoms with Crippen molar-refractivity contribution in [3.05, 3.63) is 53.8 Å². The molecule has 2 aromatic rings. The third kappa shape index (κ3) is 5.15. The number of halogens is 1. The highest BCUT2D eigenvalue weighted by Crippen LogP contribution is 2.29. The second-order valence-electron chi connectivity index (χ2n) is 5.09. The van der Waals surface area contributed by atoms with Gasteiger partial charge in [-0.15, -0.1) is 11.8 Å². The van der Waals surface area contributed by atoms with Crippen molar-refractivity contribution in [2.45, 2.75) is 17.9 Å². The third-order valence-corrected chi connectivity index (χ3v) is 4.55. The van der Waals surface area contributed by atoms with Crippen LogP contribution < -0.4 is 14.8 Å². The highest BCUT2D eigenvalue weighted by atomic mass is 32.2. The first-order valence-electron chi connectivity index (χ1n) is 7.47. The molecule has 2 rings (SSSR count). The van der Waals surface area contributed by atoms with Gasteiger partial charge >= 0.3 is 0 Å². The van der Waals surface area contributed by atoms with E-state index in [-0.39, 0.29) is 11.9 Å². The molecule has 3 nitrogen and oxygen atoms in total. The van der Waals surface area contributed by atoms with Crippen LogP contribution in [-0.4, -0.2) is 26.5 Å². The van der Waals surface area contributed by atoms with E-state index < -0.39 is 0 Å². The first-order valence-corrected chi connectivity index (χ1v) is 8.46. The Balaban J connectivity index is 1.86. The first kappa shape index (κ1) is 17.6. The number of benzene rings is 2. The Morgan fingerprint density at radius 3 is 2.48 bits per heavy atom. The lowest BCUT2D eigenvalue weighted by atomic mass is 10.1. The lowest BCUT2D eigenvalue weighted by Crippen LogP contribution is -2.21. The molecule has 23 heavy (non-hydrogen) atoms. The summed E-state index contributed by atoms with van der Waals surface area (Å²) >= 11 is 1.70. The molecule has 0 spiro atoms. The third-order valence-electron chi connectivity index (χ3n) is 3.54. The first-order chi connectivity index (χ1) is 11.1. The van der Waals surface area contributed by atoms with Crippen LogP contribution in [0.4, 0.5) is 4.39 Å². The molecule has 0 aliphatic carbocycles. The van der Waals surface area contributed by atoms with Gasteiger partial charge in [0.05, 0.1) is 14.2 Å². The smallest absolute Gasteiger partial charge is 0.123 e. The summed E-state index contributed by atoms with van der Waals surface area (Å²) in [6.45, 7) is 2.93. The molecule has 5 heteroatoms. The Labute approximate surface area is 141 Å². The minimum Gasteiger partial charge on any atom is -0.497 e. The van der Waals surface area contributed by atoms with Gasteiger partial charge < -0.3 is 14.8 Å². The van der Waals surface area contributed by atoms with Gasteiger partial charge in [-0.05, 0) is 49.4 Å². The molecule has 124 valence electrons. The van der Waals surface area contributed by atoms with Crippen LogP contribution in [0, 0.1) is 5.82 Å². The Bertz CT molecular complexity index is 619. The highest BCUT2D eigenvalue weighted by Gasteiger charge is 2.12. The van der Waals surface area contributed by atoms with E-state index in [0.29, 0.717) is 0 Å². The number of nitrogens with one attached hydrogen (secondary N) is 1. The number of rotatable bonds is 8. The van der Waals surface area contributed by atoms with Crippen molar-refractivity contribution in [1.29, 1.82) is 0 Å². The zero-order chi connectivity index (χ0) is 16.7. The maximum absolute atomic E-state index is 12.9. The van der Waals surface area contributed by atoms with E-state index in [0.717, 1.165) is 34.3 Å². The van der Waals surface area contributed by atoms with Gasteiger partial charge in [-0.3, -0.25) is 0 Å². The summed E-state index contributed by atoms with van der Waals surface area (Å²) in [5.41, 5.74) is 1.07. The summed E-state index contributed by atoms with van der Waals surface area (Å²) in [7, 11) is 3.32. The Hall–Kier alpha value is -1.72. The molecule has 0 bridgehead atoms. The summed E-state index contributed by atoms with van der Waals surface area (Å²) in [4.78, 5) is 1.07. The molecule has 0 amide bonds. The molecule has 0 fully saturated rings. The minimum atomic E-state index is -0.203. The van der Waals surface area contributed by atoms with Crippen molar-refractivity contribution in [1.82, 2.24) is 5.32 Å². The molecule has 0 saturated heterocycles. The standard InChI is InChI=1S/C18H22FNO2S/c1-13(17-12-15(21-2)6-9-18(17)22-3)20-10-11-23-16-7-4-14(19)5-8-16/h4-9,12-13,20H,10-11H2,1-3H3. The van der Waals surface area contributed by atoms with Crippen molar-refractivity contribution in [3.8, 4) is 11.5 Å². The van der Waals surface area contributed by atoms with E-state index in [1.165, 1.54) is 12.1 Å². The molecule has 1 atom stereocenters. The zero-order valence-corrected chi connectivity index (χ0v) is 14.5. The maximum Gasteiger partial charge on any atom is 0.123 e. The van der Waals surface area contributed by atoms with Crippen molar-refractivity contribution >= 4 is 11.8 Å². The van der Waals surface area contributed by atoms with Crippen LogP contribution in [0.3, 0.4) is 0 Å². The van der Waals surface area contributed by atoms with Gasteiger partial charge in [-0.25, -0.2) is 4.39 Å². The van der Waals surface area contributed by atoms with Gasteiger partial charge in [0.2, 0.25) is 0 Å². The fourth-order valence-corrected chi connectivity index (χ4v) is 3.05. The van der Waals surface area contributed by atoms with Gasteiger partial charge in [0.15, 0.2) is 0 Å². The van der Waals surface area contributed by atoms with E-state index >= 15 is 0 Å². The Morgan fingerprint density at radius 1 is 1.09 bits per heavy atom. The van der Waals surface area contributed by atoms with Gasteiger partial charge in [0.1, 0.15) is 17.3 Å². The molecule has 0 aliphatic heterocycles. The van der Waals surface area contributed by atoms with Crippen LogP contribution in [0.25, 0.3) is 0 Å². The van der Waals surface area contributed by atoms with Gasteiger partial charge in [-0.2, -0.15) is 0 Å². The molecule has 1 N–H and O–H groups in total. The summed E-state index contributed by atoms with van der Waals surface area (Å²) < 4.78 is 23.6. The Morgan fingerprint density at radius 2 is 1.83 bits per heavy atom. The maximum atomic E-state index is 12.9. The van der Waals surface area contributed by atoms with Crippen LogP contribution in [-0.2, 0) is 0 Å². The van der Waals surface area contributed by atoms with Gasteiger partial charge in [0, 0.05) is 28.8 Å². The predicted octanol–water partition coefficient (Wildman–Crippen LogP) is 4.29. The highest BCUT2D eigenvalue weighted by molar-refractivity contribution is 7.99. The molecule has 0 aliphatic rings. The van der Waals surface area contributed by atoms with E-state index in [4.69, 9.17) is 9.47 Å². The zero-order valence-electron chi connectivity index (χ0n) is 13.6. The van der Waals surface area contributed by atoms with Crippen LogP contribution >= 0.6 is 11.8 Å². The number of ether oxygens (including phenoxy) is 2. The largest absolute Gasteiger partial charge is 0.497 e. The fraction of sp³-hybridized carbons (Fsp3) is 0.333. The van der Waals surface area contributed by atoms with Crippen LogP contribution in [0.1, 0.15) is 18.5 Å². The van der Waals surface area contributed by atoms with Crippen molar-refractivity contribution in [2.75, 3.05) is 26.5 Å². The molecule has 0 heterocycles. The number of methoxy groups -OCH3 is 2. The fourth-order valence-electron chi connectivity index (χ4n) is 2.26. The number of thioether (sulfide) groups is 1. The quantitative estimate of drug-likeness (QED) is 0.576. The molecular weight excluding hydrogens is 313 g/mol. The lowest BCUT2D eigenvalue weighted by Gasteiger charge is -2.18. The lowest BCUT2D eigenvalue weighted by molar-refractivity contribution is 0.392. The second kappa shape index (κ2) is 8.79. The van der Waals surface area contributed by atoms with E-state index in [9.17, 15) is 4.39 Å². The summed E-state index contributed by atoms with van der Waals surface area (Å²) in [5.74, 6) is 2.36. The van der Waals surface area contributed by atoms with Gasteiger partial charge in [-0.1, -0.05) is 0 Å². The predicted molar refractivity (Wildman–Crippen MR) is 93.1 cm³/mol. The molecule has 1 unspecified atom stereocenters. The molecule has 0 saturated carbocycles. The normalized spacial score (nSPS) is 12.0. The second-order valence-corrected chi connectivity index (χ2v) is 6.25. The van der Waals surface area contributed by atoms with E-state index in [1.54, 1.807) is 38.1 Å². The van der Waals surface area contributed by atoms with Crippen LogP contribution in [0.2, 0.25) is 0 Å². The SMILES string of the molecule is COc1ccc(OC)c(C(C)NCCSc2ccc(F)cc2)c1. The Kier molecular flexibility index (Phi) is 6.74. The molecular formula is C18H22FNO2S. The monoisotopic (exact) mass is 335 g/mol.